The number of nitrogens with one attached hydrogen (secondary N) is 2. The van der Waals surface area contributed by atoms with Gasteiger partial charge in [0.15, 0.2) is 0 Å². The summed E-state index contributed by atoms with van der Waals surface area (Å²) < 4.78 is 0. The van der Waals surface area contributed by atoms with E-state index in [1.807, 2.05) is 0 Å². The Labute approximate surface area is 76.9 Å². The van der Waals surface area contributed by atoms with Crippen molar-refractivity contribution in [1.29, 1.82) is 0 Å². The maximum atomic E-state index is 9.00. The molecule has 0 unspecified atom stereocenters. The summed E-state index contributed by atoms with van der Waals surface area (Å²) >= 11 is 0. The summed E-state index contributed by atoms with van der Waals surface area (Å²) in [7, 11) is 0. The summed E-state index contributed by atoms with van der Waals surface area (Å²) in [5.74, 6) is -1.67. The number of hydrogen-bond donors (Lipinski definition) is 4. The third kappa shape index (κ3) is 57.2. The van der Waals surface area contributed by atoms with E-state index in [-0.39, 0.29) is 0 Å². The molecule has 1 heterocycles. The Bertz CT molecular complexity index is 118. The van der Waals surface area contributed by atoms with E-state index < -0.39 is 11.9 Å². The molecule has 4 N–H and O–H groups in total. The third-order valence-corrected chi connectivity index (χ3v) is 0.729. The molecule has 0 spiro atoms. The molecule has 0 radical (unpaired) electrons. The molecule has 0 aromatic heterocycles. The summed E-state index contributed by atoms with van der Waals surface area (Å²) in [4.78, 5) is 18.0. The largest absolute Gasteiger partial charge is 0.481 e. The summed E-state index contributed by atoms with van der Waals surface area (Å²) in [6.45, 7) is 5.44. The monoisotopic (exact) mass is 192 g/mol. The van der Waals surface area contributed by atoms with Gasteiger partial charge in [0, 0.05) is 33.6 Å². The van der Waals surface area contributed by atoms with Gasteiger partial charge in [0.2, 0.25) is 0 Å². The van der Waals surface area contributed by atoms with E-state index >= 15 is 0 Å². The Morgan fingerprint density at radius 2 is 1.23 bits per heavy atom. The molecule has 1 saturated heterocycles. The van der Waals surface area contributed by atoms with Gasteiger partial charge in [-0.1, -0.05) is 0 Å². The Balaban J connectivity index is 0. The van der Waals surface area contributed by atoms with E-state index in [0.29, 0.717) is 0 Å². The van der Waals surface area contributed by atoms with Crippen LogP contribution < -0.4 is 10.6 Å². The van der Waals surface area contributed by atoms with Gasteiger partial charge in [0.25, 0.3) is 11.9 Å². The standard InChI is InChI=1S/C3H8N2.2C2H4O2/c1-2-5-3-4-1;2*1-2(3)4/h4-5H,1-3H2;2*1H3,(H,3,4). The van der Waals surface area contributed by atoms with Crippen molar-refractivity contribution in [1.82, 2.24) is 10.6 Å². The van der Waals surface area contributed by atoms with E-state index in [1.165, 1.54) is 0 Å². The van der Waals surface area contributed by atoms with E-state index in [0.717, 1.165) is 33.6 Å². The van der Waals surface area contributed by atoms with Crippen LogP contribution in [0.1, 0.15) is 13.8 Å². The van der Waals surface area contributed by atoms with Crippen LogP contribution >= 0.6 is 0 Å². The van der Waals surface area contributed by atoms with Crippen molar-refractivity contribution in [2.24, 2.45) is 0 Å². The molecule has 1 aliphatic heterocycles. The fraction of sp³-hybridized carbons (Fsp3) is 0.714. The van der Waals surface area contributed by atoms with E-state index in [1.54, 1.807) is 0 Å². The zero-order chi connectivity index (χ0) is 10.7. The van der Waals surface area contributed by atoms with Crippen LogP contribution in [-0.2, 0) is 9.59 Å². The van der Waals surface area contributed by atoms with Gasteiger partial charge >= 0.3 is 0 Å². The molecule has 78 valence electrons. The van der Waals surface area contributed by atoms with Crippen LogP contribution in [0.25, 0.3) is 0 Å². The van der Waals surface area contributed by atoms with Crippen molar-refractivity contribution in [3.05, 3.63) is 0 Å². The molecule has 0 aromatic carbocycles. The molecule has 6 heteroatoms. The van der Waals surface area contributed by atoms with E-state index in [2.05, 4.69) is 10.6 Å². The average molecular weight is 192 g/mol. The highest BCUT2D eigenvalue weighted by molar-refractivity contribution is 5.63. The Morgan fingerprint density at radius 1 is 1.00 bits per heavy atom. The van der Waals surface area contributed by atoms with Gasteiger partial charge in [-0.2, -0.15) is 0 Å². The van der Waals surface area contributed by atoms with Crippen LogP contribution in [0.2, 0.25) is 0 Å². The van der Waals surface area contributed by atoms with Gasteiger partial charge in [-0.25, -0.2) is 0 Å². The Kier molecular flexibility index (Phi) is 12.0. The van der Waals surface area contributed by atoms with Crippen molar-refractivity contribution < 1.29 is 19.8 Å². The van der Waals surface area contributed by atoms with Gasteiger partial charge in [-0.15, -0.1) is 0 Å². The van der Waals surface area contributed by atoms with Gasteiger partial charge < -0.3 is 20.8 Å². The Morgan fingerprint density at radius 3 is 1.31 bits per heavy atom. The molecule has 1 fully saturated rings. The molecule has 0 amide bonds. The smallest absolute Gasteiger partial charge is 0.300 e. The second-order valence-corrected chi connectivity index (χ2v) is 2.21. The molecule has 0 bridgehead atoms. The minimum Gasteiger partial charge on any atom is -0.481 e. The SMILES string of the molecule is C1CNCN1.CC(=O)O.CC(=O)O. The molecule has 6 nitrogen and oxygen atoms in total. The van der Waals surface area contributed by atoms with Crippen LogP contribution in [0.5, 0.6) is 0 Å². The zero-order valence-corrected chi connectivity index (χ0v) is 7.83. The van der Waals surface area contributed by atoms with Crippen LogP contribution in [0.3, 0.4) is 0 Å². The van der Waals surface area contributed by atoms with Gasteiger partial charge in [-0.3, -0.25) is 9.59 Å². The summed E-state index contributed by atoms with van der Waals surface area (Å²) in [6.07, 6.45) is 0. The topological polar surface area (TPSA) is 98.7 Å². The first-order valence-electron chi connectivity index (χ1n) is 3.77. The van der Waals surface area contributed by atoms with E-state index in [4.69, 9.17) is 19.8 Å². The van der Waals surface area contributed by atoms with Gasteiger partial charge in [-0.05, 0) is 0 Å². The van der Waals surface area contributed by atoms with Crippen molar-refractivity contribution in [2.45, 2.75) is 13.8 Å². The number of carboxylic acids is 2. The lowest BCUT2D eigenvalue weighted by Crippen LogP contribution is -2.11. The van der Waals surface area contributed by atoms with E-state index in [9.17, 15) is 0 Å². The van der Waals surface area contributed by atoms with Crippen LogP contribution in [-0.4, -0.2) is 41.9 Å². The molecule has 13 heavy (non-hydrogen) atoms. The maximum absolute atomic E-state index is 9.00. The third-order valence-electron chi connectivity index (χ3n) is 0.729. The maximum Gasteiger partial charge on any atom is 0.300 e. The molecule has 0 atom stereocenters. The molecular formula is C7H16N2O4. The first-order valence-corrected chi connectivity index (χ1v) is 3.77. The van der Waals surface area contributed by atoms with Crippen LogP contribution in [0.4, 0.5) is 0 Å². The minimum absolute atomic E-state index is 0.833. The average Bonchev–Trinajstić information content (AvgIpc) is 2.35. The predicted octanol–water partition coefficient (Wildman–Crippen LogP) is -0.681. The molecular weight excluding hydrogens is 176 g/mol. The zero-order valence-electron chi connectivity index (χ0n) is 7.83. The quantitative estimate of drug-likeness (QED) is 0.406. The normalized spacial score (nSPS) is 13.1. The van der Waals surface area contributed by atoms with Crippen molar-refractivity contribution in [2.75, 3.05) is 19.8 Å². The second kappa shape index (κ2) is 10.9. The number of rotatable bonds is 0. The molecule has 1 aliphatic rings. The second-order valence-electron chi connectivity index (χ2n) is 2.21. The lowest BCUT2D eigenvalue weighted by atomic mass is 10.7. The molecule has 1 rings (SSSR count). The van der Waals surface area contributed by atoms with Crippen molar-refractivity contribution in [3.63, 3.8) is 0 Å². The number of carbonyl (C=O) groups is 2. The summed E-state index contributed by atoms with van der Waals surface area (Å²) in [6, 6.07) is 0. The summed E-state index contributed by atoms with van der Waals surface area (Å²) in [5, 5.41) is 21.1. The summed E-state index contributed by atoms with van der Waals surface area (Å²) in [5.41, 5.74) is 0. The van der Waals surface area contributed by atoms with Crippen molar-refractivity contribution in [3.8, 4) is 0 Å². The molecule has 0 aliphatic carbocycles. The lowest BCUT2D eigenvalue weighted by Gasteiger charge is -1.77. The molecule has 0 aromatic rings. The minimum atomic E-state index is -0.833. The number of aliphatic carboxylic acids is 2. The highest BCUT2D eigenvalue weighted by Crippen LogP contribution is 1.62. The first kappa shape index (κ1) is 14.4. The highest BCUT2D eigenvalue weighted by Gasteiger charge is 1.90. The van der Waals surface area contributed by atoms with Crippen molar-refractivity contribution >= 4 is 11.9 Å². The first-order chi connectivity index (χ1) is 5.96. The number of hydrogen-bond acceptors (Lipinski definition) is 4. The fourth-order valence-electron chi connectivity index (χ4n) is 0.442. The highest BCUT2D eigenvalue weighted by atomic mass is 16.4. The predicted molar refractivity (Wildman–Crippen MR) is 47.5 cm³/mol. The van der Waals surface area contributed by atoms with Crippen LogP contribution in [0, 0.1) is 0 Å². The Hall–Kier alpha value is -1.14. The van der Waals surface area contributed by atoms with Gasteiger partial charge in [0.05, 0.1) is 0 Å². The lowest BCUT2D eigenvalue weighted by molar-refractivity contribution is -0.135. The number of carboxylic acid groups (broad SMARTS) is 2. The van der Waals surface area contributed by atoms with Gasteiger partial charge in [0.1, 0.15) is 0 Å². The van der Waals surface area contributed by atoms with Crippen LogP contribution in [0.15, 0.2) is 0 Å². The molecule has 0 saturated carbocycles. The fourth-order valence-corrected chi connectivity index (χ4v) is 0.442.